The number of halogens is 4. The van der Waals surface area contributed by atoms with Crippen molar-refractivity contribution in [3.05, 3.63) is 0 Å². The molecule has 2 rings (SSSR count). The van der Waals surface area contributed by atoms with Crippen LogP contribution in [-0.2, 0) is 0 Å². The van der Waals surface area contributed by atoms with Crippen LogP contribution in [0.3, 0.4) is 0 Å². The molecule has 0 aromatic carbocycles. The van der Waals surface area contributed by atoms with E-state index in [2.05, 4.69) is 15.6 Å². The van der Waals surface area contributed by atoms with Crippen molar-refractivity contribution in [3.8, 4) is 0 Å². The van der Waals surface area contributed by atoms with Crippen molar-refractivity contribution < 1.29 is 13.2 Å². The molecule has 2 aliphatic rings. The van der Waals surface area contributed by atoms with E-state index in [9.17, 15) is 13.2 Å². The van der Waals surface area contributed by atoms with E-state index in [-0.39, 0.29) is 36.8 Å². The van der Waals surface area contributed by atoms with Gasteiger partial charge in [0.25, 0.3) is 0 Å². The third kappa shape index (κ3) is 6.12. The molecule has 0 saturated heterocycles. The predicted octanol–water partition coefficient (Wildman–Crippen LogP) is 3.94. The van der Waals surface area contributed by atoms with E-state index in [0.717, 1.165) is 25.0 Å². The van der Waals surface area contributed by atoms with Gasteiger partial charge in [0.1, 0.15) is 0 Å². The normalized spacial score (nSPS) is 26.8. The Kier molecular flexibility index (Phi) is 8.27. The lowest BCUT2D eigenvalue weighted by Gasteiger charge is -2.30. The van der Waals surface area contributed by atoms with Gasteiger partial charge in [0, 0.05) is 20.1 Å². The molecule has 0 aromatic heterocycles. The summed E-state index contributed by atoms with van der Waals surface area (Å²) in [5, 5.41) is 6.56. The largest absolute Gasteiger partial charge is 0.391 e. The van der Waals surface area contributed by atoms with Crippen LogP contribution in [0, 0.1) is 17.8 Å². The molecule has 0 heterocycles. The van der Waals surface area contributed by atoms with Crippen LogP contribution < -0.4 is 10.6 Å². The molecule has 2 N–H and O–H groups in total. The molecule has 0 aliphatic heterocycles. The molecule has 0 unspecified atom stereocenters. The second-order valence-corrected chi connectivity index (χ2v) is 6.39. The summed E-state index contributed by atoms with van der Waals surface area (Å²) in [4.78, 5) is 4.17. The van der Waals surface area contributed by atoms with Gasteiger partial charge < -0.3 is 10.6 Å². The number of rotatable bonds is 4. The van der Waals surface area contributed by atoms with E-state index in [1.807, 2.05) is 0 Å². The number of hydrogen-bond donors (Lipinski definition) is 2. The summed E-state index contributed by atoms with van der Waals surface area (Å²) in [6, 6.07) is 0. The first-order valence-electron chi connectivity index (χ1n) is 8.00. The fourth-order valence-electron chi connectivity index (χ4n) is 3.09. The molecule has 2 fully saturated rings. The van der Waals surface area contributed by atoms with Crippen molar-refractivity contribution >= 4 is 29.9 Å². The Morgan fingerprint density at radius 2 is 1.45 bits per heavy atom. The van der Waals surface area contributed by atoms with E-state index in [0.29, 0.717) is 18.8 Å². The Labute approximate surface area is 147 Å². The van der Waals surface area contributed by atoms with Crippen molar-refractivity contribution in [2.75, 3.05) is 20.1 Å². The first kappa shape index (κ1) is 19.8. The molecule has 0 atom stereocenters. The van der Waals surface area contributed by atoms with E-state index in [1.165, 1.54) is 19.3 Å². The monoisotopic (exact) mass is 433 g/mol. The Morgan fingerprint density at radius 1 is 0.955 bits per heavy atom. The highest BCUT2D eigenvalue weighted by atomic mass is 127. The first-order chi connectivity index (χ1) is 9.99. The molecule has 0 radical (unpaired) electrons. The number of aliphatic imine (C=N–C) groups is 1. The van der Waals surface area contributed by atoms with Crippen molar-refractivity contribution in [2.24, 2.45) is 22.7 Å². The first-order valence-corrected chi connectivity index (χ1v) is 8.00. The number of guanidine groups is 1. The summed E-state index contributed by atoms with van der Waals surface area (Å²) >= 11 is 0. The minimum atomic E-state index is -4.02. The average molecular weight is 433 g/mol. The molecular formula is C15H27F3IN3. The quantitative estimate of drug-likeness (QED) is 0.401. The number of hydrogen-bond acceptors (Lipinski definition) is 1. The van der Waals surface area contributed by atoms with Crippen LogP contribution in [-0.4, -0.2) is 32.3 Å². The predicted molar refractivity (Wildman–Crippen MR) is 93.6 cm³/mol. The van der Waals surface area contributed by atoms with E-state index < -0.39 is 12.1 Å². The second kappa shape index (κ2) is 9.17. The molecule has 0 amide bonds. The Balaban J connectivity index is 0.00000242. The van der Waals surface area contributed by atoms with Crippen molar-refractivity contribution in [1.82, 2.24) is 10.6 Å². The third-order valence-corrected chi connectivity index (χ3v) is 4.87. The lowest BCUT2D eigenvalue weighted by Crippen LogP contribution is -2.43. The summed E-state index contributed by atoms with van der Waals surface area (Å²) in [5.74, 6) is 0.765. The zero-order chi connectivity index (χ0) is 15.3. The molecule has 0 aromatic rings. The second-order valence-electron chi connectivity index (χ2n) is 6.39. The van der Waals surface area contributed by atoms with Crippen LogP contribution >= 0.6 is 24.0 Å². The maximum atomic E-state index is 12.6. The molecule has 130 valence electrons. The van der Waals surface area contributed by atoms with Crippen LogP contribution in [0.25, 0.3) is 0 Å². The maximum Gasteiger partial charge on any atom is 0.391 e. The van der Waals surface area contributed by atoms with E-state index >= 15 is 0 Å². The van der Waals surface area contributed by atoms with Crippen LogP contribution in [0.15, 0.2) is 4.99 Å². The fourth-order valence-corrected chi connectivity index (χ4v) is 3.09. The topological polar surface area (TPSA) is 36.4 Å². The van der Waals surface area contributed by atoms with Gasteiger partial charge in [-0.05, 0) is 50.4 Å². The SMILES string of the molecule is CN=C(NCC1CCC1)NCC1CCC(C(F)(F)F)CC1.I. The summed E-state index contributed by atoms with van der Waals surface area (Å²) in [6.45, 7) is 1.66. The van der Waals surface area contributed by atoms with Crippen LogP contribution in [0.1, 0.15) is 44.9 Å². The average Bonchev–Trinajstić information content (AvgIpc) is 2.40. The summed E-state index contributed by atoms with van der Waals surface area (Å²) in [5.41, 5.74) is 0. The molecular weight excluding hydrogens is 406 g/mol. The Hall–Kier alpha value is -0.210. The molecule has 0 spiro atoms. The van der Waals surface area contributed by atoms with Gasteiger partial charge in [-0.15, -0.1) is 24.0 Å². The van der Waals surface area contributed by atoms with Gasteiger partial charge >= 0.3 is 6.18 Å². The Morgan fingerprint density at radius 3 is 1.82 bits per heavy atom. The molecule has 3 nitrogen and oxygen atoms in total. The Bertz CT molecular complexity index is 348. The maximum absolute atomic E-state index is 12.6. The van der Waals surface area contributed by atoms with Gasteiger partial charge in [-0.25, -0.2) is 0 Å². The lowest BCUT2D eigenvalue weighted by molar-refractivity contribution is -0.183. The van der Waals surface area contributed by atoms with Crippen molar-refractivity contribution in [2.45, 2.75) is 51.1 Å². The lowest BCUT2D eigenvalue weighted by atomic mass is 9.81. The van der Waals surface area contributed by atoms with Crippen LogP contribution in [0.5, 0.6) is 0 Å². The van der Waals surface area contributed by atoms with Crippen LogP contribution in [0.2, 0.25) is 0 Å². The highest BCUT2D eigenvalue weighted by molar-refractivity contribution is 14.0. The molecule has 22 heavy (non-hydrogen) atoms. The van der Waals surface area contributed by atoms with Gasteiger partial charge in [-0.1, -0.05) is 6.42 Å². The van der Waals surface area contributed by atoms with Gasteiger partial charge in [0.2, 0.25) is 0 Å². The summed E-state index contributed by atoms with van der Waals surface area (Å²) in [7, 11) is 1.73. The fraction of sp³-hybridized carbons (Fsp3) is 0.933. The number of alkyl halides is 3. The van der Waals surface area contributed by atoms with Crippen molar-refractivity contribution in [3.63, 3.8) is 0 Å². The highest BCUT2D eigenvalue weighted by Gasteiger charge is 2.41. The minimum Gasteiger partial charge on any atom is -0.356 e. The smallest absolute Gasteiger partial charge is 0.356 e. The zero-order valence-electron chi connectivity index (χ0n) is 13.1. The van der Waals surface area contributed by atoms with Gasteiger partial charge in [0.15, 0.2) is 5.96 Å². The number of nitrogens with zero attached hydrogens (tertiary/aromatic N) is 1. The summed E-state index contributed by atoms with van der Waals surface area (Å²) in [6.07, 6.45) is 1.71. The number of nitrogens with one attached hydrogen (secondary N) is 2. The molecule has 0 bridgehead atoms. The zero-order valence-corrected chi connectivity index (χ0v) is 15.4. The van der Waals surface area contributed by atoms with E-state index in [1.54, 1.807) is 7.05 Å². The molecule has 7 heteroatoms. The van der Waals surface area contributed by atoms with Crippen molar-refractivity contribution in [1.29, 1.82) is 0 Å². The molecule has 2 saturated carbocycles. The molecule has 2 aliphatic carbocycles. The highest BCUT2D eigenvalue weighted by Crippen LogP contribution is 2.39. The summed E-state index contributed by atoms with van der Waals surface area (Å²) < 4.78 is 37.8. The van der Waals surface area contributed by atoms with Gasteiger partial charge in [0.05, 0.1) is 5.92 Å². The minimum absolute atomic E-state index is 0. The standard InChI is InChI=1S/C15H26F3N3.HI/c1-19-14(20-9-11-3-2-4-11)21-10-12-5-7-13(8-6-12)15(16,17)18;/h11-13H,2-10H2,1H3,(H2,19,20,21);1H. The van der Waals surface area contributed by atoms with Crippen LogP contribution in [0.4, 0.5) is 13.2 Å². The van der Waals surface area contributed by atoms with E-state index in [4.69, 9.17) is 0 Å². The van der Waals surface area contributed by atoms with Gasteiger partial charge in [-0.2, -0.15) is 13.2 Å². The third-order valence-electron chi connectivity index (χ3n) is 4.87. The van der Waals surface area contributed by atoms with Gasteiger partial charge in [-0.3, -0.25) is 4.99 Å².